The number of rotatable bonds is 4. The third kappa shape index (κ3) is 3.83. The van der Waals surface area contributed by atoms with Gasteiger partial charge in [0.15, 0.2) is 0 Å². The van der Waals surface area contributed by atoms with Crippen LogP contribution in [-0.2, 0) is 11.3 Å². The molecule has 0 aromatic carbocycles. The molecule has 1 amide bonds. The van der Waals surface area contributed by atoms with Crippen molar-refractivity contribution in [3.63, 3.8) is 0 Å². The van der Waals surface area contributed by atoms with E-state index in [2.05, 4.69) is 5.32 Å². The number of aryl methyl sites for hydroxylation is 1. The van der Waals surface area contributed by atoms with E-state index in [0.29, 0.717) is 6.04 Å². The molecular weight excluding hydrogens is 240 g/mol. The summed E-state index contributed by atoms with van der Waals surface area (Å²) in [6.45, 7) is 8.39. The molecule has 1 aliphatic rings. The van der Waals surface area contributed by atoms with E-state index in [1.165, 1.54) is 0 Å². The zero-order valence-electron chi connectivity index (χ0n) is 12.1. The predicted octanol–water partition coefficient (Wildman–Crippen LogP) is 2.32. The minimum atomic E-state index is 0.107. The fraction of sp³-hybridized carbons (Fsp3) is 0.667. The summed E-state index contributed by atoms with van der Waals surface area (Å²) in [4.78, 5) is 13.9. The second-order valence-electron chi connectivity index (χ2n) is 5.65. The fourth-order valence-electron chi connectivity index (χ4n) is 2.49. The van der Waals surface area contributed by atoms with Crippen LogP contribution in [0.3, 0.4) is 0 Å². The van der Waals surface area contributed by atoms with Gasteiger partial charge < -0.3 is 14.6 Å². The Morgan fingerprint density at radius 1 is 1.42 bits per heavy atom. The van der Waals surface area contributed by atoms with Crippen LogP contribution >= 0.6 is 0 Å². The van der Waals surface area contributed by atoms with E-state index >= 15 is 0 Å². The number of carbonyl (C=O) groups is 1. The molecule has 1 N–H and O–H groups in total. The molecule has 1 saturated heterocycles. The molecule has 0 atom stereocenters. The minimum absolute atomic E-state index is 0.107. The van der Waals surface area contributed by atoms with E-state index in [-0.39, 0.29) is 11.8 Å². The third-order valence-electron chi connectivity index (χ3n) is 3.66. The fourth-order valence-corrected chi connectivity index (χ4v) is 2.49. The SMILES string of the molecule is Cc1ccc(CNC2CCN(C(=O)C(C)C)CC2)o1. The Balaban J connectivity index is 1.73. The molecule has 1 aliphatic heterocycles. The molecule has 1 fully saturated rings. The highest BCUT2D eigenvalue weighted by Gasteiger charge is 2.23. The number of hydrogen-bond donors (Lipinski definition) is 1. The van der Waals surface area contributed by atoms with Crippen LogP contribution < -0.4 is 5.32 Å². The predicted molar refractivity (Wildman–Crippen MR) is 74.7 cm³/mol. The lowest BCUT2D eigenvalue weighted by molar-refractivity contribution is -0.135. The van der Waals surface area contributed by atoms with E-state index in [9.17, 15) is 4.79 Å². The zero-order valence-corrected chi connectivity index (χ0v) is 12.1. The highest BCUT2D eigenvalue weighted by atomic mass is 16.3. The summed E-state index contributed by atoms with van der Waals surface area (Å²) >= 11 is 0. The summed E-state index contributed by atoms with van der Waals surface area (Å²) in [5, 5.41) is 3.51. The maximum Gasteiger partial charge on any atom is 0.225 e. The van der Waals surface area contributed by atoms with E-state index in [0.717, 1.165) is 44.0 Å². The van der Waals surface area contributed by atoms with Crippen molar-refractivity contribution >= 4 is 5.91 Å². The molecule has 1 aromatic heterocycles. The highest BCUT2D eigenvalue weighted by molar-refractivity contribution is 5.78. The lowest BCUT2D eigenvalue weighted by Gasteiger charge is -2.33. The number of hydrogen-bond acceptors (Lipinski definition) is 3. The molecule has 1 aromatic rings. The van der Waals surface area contributed by atoms with Crippen LogP contribution in [0.4, 0.5) is 0 Å². The molecule has 4 nitrogen and oxygen atoms in total. The number of nitrogens with one attached hydrogen (secondary N) is 1. The number of nitrogens with zero attached hydrogens (tertiary/aromatic N) is 1. The number of likely N-dealkylation sites (tertiary alicyclic amines) is 1. The first-order valence-corrected chi connectivity index (χ1v) is 7.13. The van der Waals surface area contributed by atoms with Crippen molar-refractivity contribution in [2.75, 3.05) is 13.1 Å². The molecule has 0 radical (unpaired) electrons. The summed E-state index contributed by atoms with van der Waals surface area (Å²) in [6.07, 6.45) is 2.05. The lowest BCUT2D eigenvalue weighted by atomic mass is 10.0. The monoisotopic (exact) mass is 264 g/mol. The smallest absolute Gasteiger partial charge is 0.225 e. The first kappa shape index (κ1) is 14.1. The minimum Gasteiger partial charge on any atom is -0.465 e. The summed E-state index contributed by atoms with van der Waals surface area (Å²) in [7, 11) is 0. The van der Waals surface area contributed by atoms with Crippen molar-refractivity contribution in [3.8, 4) is 0 Å². The molecule has 0 saturated carbocycles. The van der Waals surface area contributed by atoms with Gasteiger partial charge in [-0.3, -0.25) is 4.79 Å². The van der Waals surface area contributed by atoms with Crippen molar-refractivity contribution in [3.05, 3.63) is 23.7 Å². The van der Waals surface area contributed by atoms with Crippen molar-refractivity contribution in [2.24, 2.45) is 5.92 Å². The van der Waals surface area contributed by atoms with Crippen molar-refractivity contribution in [2.45, 2.75) is 46.2 Å². The van der Waals surface area contributed by atoms with Gasteiger partial charge in [0, 0.05) is 25.0 Å². The summed E-state index contributed by atoms with van der Waals surface area (Å²) < 4.78 is 5.54. The maximum atomic E-state index is 11.9. The van der Waals surface area contributed by atoms with Gasteiger partial charge in [-0.25, -0.2) is 0 Å². The second-order valence-corrected chi connectivity index (χ2v) is 5.65. The summed E-state index contributed by atoms with van der Waals surface area (Å²) in [5.41, 5.74) is 0. The van der Waals surface area contributed by atoms with E-state index in [1.54, 1.807) is 0 Å². The molecule has 4 heteroatoms. The molecule has 106 valence electrons. The standard InChI is InChI=1S/C15H24N2O2/c1-11(2)15(18)17-8-6-13(7-9-17)16-10-14-5-4-12(3)19-14/h4-5,11,13,16H,6-10H2,1-3H3. The van der Waals surface area contributed by atoms with Crippen LogP contribution in [0.1, 0.15) is 38.2 Å². The quantitative estimate of drug-likeness (QED) is 0.907. The van der Waals surface area contributed by atoms with Gasteiger partial charge in [0.1, 0.15) is 11.5 Å². The van der Waals surface area contributed by atoms with E-state index < -0.39 is 0 Å². The first-order valence-electron chi connectivity index (χ1n) is 7.13. The molecule has 19 heavy (non-hydrogen) atoms. The Hall–Kier alpha value is -1.29. The average Bonchev–Trinajstić information content (AvgIpc) is 2.82. The van der Waals surface area contributed by atoms with E-state index in [1.807, 2.05) is 37.8 Å². The Bertz CT molecular complexity index is 418. The molecule has 0 aliphatic carbocycles. The molecule has 2 rings (SSSR count). The molecular formula is C15H24N2O2. The van der Waals surface area contributed by atoms with E-state index in [4.69, 9.17) is 4.42 Å². The van der Waals surface area contributed by atoms with Crippen LogP contribution in [0.5, 0.6) is 0 Å². The molecule has 0 spiro atoms. The zero-order chi connectivity index (χ0) is 13.8. The van der Waals surface area contributed by atoms with Gasteiger partial charge in [0.25, 0.3) is 0 Å². The Labute approximate surface area is 115 Å². The molecule has 2 heterocycles. The van der Waals surface area contributed by atoms with Gasteiger partial charge in [-0.15, -0.1) is 0 Å². The maximum absolute atomic E-state index is 11.9. The van der Waals surface area contributed by atoms with Crippen LogP contribution in [-0.4, -0.2) is 29.9 Å². The van der Waals surface area contributed by atoms with Crippen LogP contribution in [0, 0.1) is 12.8 Å². The van der Waals surface area contributed by atoms with Gasteiger partial charge in [-0.2, -0.15) is 0 Å². The summed E-state index contributed by atoms with van der Waals surface area (Å²) in [5.74, 6) is 2.32. The third-order valence-corrected chi connectivity index (χ3v) is 3.66. The Morgan fingerprint density at radius 2 is 2.11 bits per heavy atom. The van der Waals surface area contributed by atoms with Crippen LogP contribution in [0.15, 0.2) is 16.5 Å². The second kappa shape index (κ2) is 6.24. The average molecular weight is 264 g/mol. The molecule has 0 unspecified atom stereocenters. The van der Waals surface area contributed by atoms with Crippen molar-refractivity contribution in [1.82, 2.24) is 10.2 Å². The number of piperidine rings is 1. The largest absolute Gasteiger partial charge is 0.465 e. The number of carbonyl (C=O) groups excluding carboxylic acids is 1. The Morgan fingerprint density at radius 3 is 2.63 bits per heavy atom. The number of furan rings is 1. The van der Waals surface area contributed by atoms with Crippen LogP contribution in [0.2, 0.25) is 0 Å². The topological polar surface area (TPSA) is 45.5 Å². The van der Waals surface area contributed by atoms with Crippen molar-refractivity contribution < 1.29 is 9.21 Å². The molecule has 0 bridgehead atoms. The van der Waals surface area contributed by atoms with Gasteiger partial charge in [0.2, 0.25) is 5.91 Å². The lowest BCUT2D eigenvalue weighted by Crippen LogP contribution is -2.45. The first-order chi connectivity index (χ1) is 9.06. The Kier molecular flexibility index (Phi) is 4.64. The number of amides is 1. The normalized spacial score (nSPS) is 17.2. The van der Waals surface area contributed by atoms with Gasteiger partial charge in [-0.05, 0) is 31.9 Å². The van der Waals surface area contributed by atoms with Crippen molar-refractivity contribution in [1.29, 1.82) is 0 Å². The van der Waals surface area contributed by atoms with Crippen LogP contribution in [0.25, 0.3) is 0 Å². The van der Waals surface area contributed by atoms with Gasteiger partial charge in [-0.1, -0.05) is 13.8 Å². The highest BCUT2D eigenvalue weighted by Crippen LogP contribution is 2.14. The van der Waals surface area contributed by atoms with Gasteiger partial charge >= 0.3 is 0 Å². The summed E-state index contributed by atoms with van der Waals surface area (Å²) in [6, 6.07) is 4.49. The van der Waals surface area contributed by atoms with Gasteiger partial charge in [0.05, 0.1) is 6.54 Å².